The molecule has 0 aromatic carbocycles. The highest BCUT2D eigenvalue weighted by atomic mass is 19.4. The molecule has 0 fully saturated rings. The van der Waals surface area contributed by atoms with Gasteiger partial charge < -0.3 is 0 Å². The summed E-state index contributed by atoms with van der Waals surface area (Å²) in [7, 11) is 0. The van der Waals surface area contributed by atoms with Crippen LogP contribution in [0.2, 0.25) is 0 Å². The molecule has 0 aromatic heterocycles. The Kier molecular flexibility index (Phi) is 5.50. The molecule has 0 aliphatic carbocycles. The maximum atomic E-state index is 13.0. The van der Waals surface area contributed by atoms with E-state index in [0.717, 1.165) is 0 Å². The molecule has 25 heavy (non-hydrogen) atoms. The SMILES string of the molecule is FC(F)(F)C(F)(F)C(F)(F)C=CC(F)(F)C(F)(C(F)(F)F)C(F)(F)F. The van der Waals surface area contributed by atoms with Gasteiger partial charge in [-0.05, 0) is 12.2 Å². The number of hydrogen-bond acceptors (Lipinski definition) is 0. The van der Waals surface area contributed by atoms with E-state index < -0.39 is 54.1 Å². The largest absolute Gasteiger partial charge is 0.460 e. The van der Waals surface area contributed by atoms with Crippen molar-refractivity contribution in [2.75, 3.05) is 0 Å². The molecule has 0 saturated carbocycles. The van der Waals surface area contributed by atoms with Crippen LogP contribution in [0.5, 0.6) is 0 Å². The van der Waals surface area contributed by atoms with E-state index in [2.05, 4.69) is 0 Å². The van der Waals surface area contributed by atoms with Crippen LogP contribution < -0.4 is 0 Å². The summed E-state index contributed by atoms with van der Waals surface area (Å²) in [6.45, 7) is 0. The lowest BCUT2D eigenvalue weighted by Gasteiger charge is -2.35. The lowest BCUT2D eigenvalue weighted by Crippen LogP contribution is -2.64. The fourth-order valence-corrected chi connectivity index (χ4v) is 1.16. The average molecular weight is 414 g/mol. The van der Waals surface area contributed by atoms with Crippen LogP contribution in [-0.4, -0.2) is 42.0 Å². The first kappa shape index (κ1) is 23.6. The Balaban J connectivity index is 6.19. The summed E-state index contributed by atoms with van der Waals surface area (Å²) in [6.07, 6.45) is -26.7. The Bertz CT molecular complexity index is 485. The summed E-state index contributed by atoms with van der Waals surface area (Å²) in [5.41, 5.74) is -7.53. The molecule has 0 bridgehead atoms. The van der Waals surface area contributed by atoms with E-state index in [1.54, 1.807) is 0 Å². The summed E-state index contributed by atoms with van der Waals surface area (Å²) < 4.78 is 196. The van der Waals surface area contributed by atoms with Crippen molar-refractivity contribution < 1.29 is 70.2 Å². The van der Waals surface area contributed by atoms with Crippen LogP contribution in [0.25, 0.3) is 0 Å². The number of allylic oxidation sites excluding steroid dienone is 2. The highest BCUT2D eigenvalue weighted by molar-refractivity contribution is 5.18. The fraction of sp³-hybridized carbons (Fsp3) is 0.778. The van der Waals surface area contributed by atoms with E-state index in [4.69, 9.17) is 0 Å². The Morgan fingerprint density at radius 3 is 0.880 bits per heavy atom. The summed E-state index contributed by atoms with van der Waals surface area (Å²) >= 11 is 0. The van der Waals surface area contributed by atoms with E-state index >= 15 is 0 Å². The standard InChI is InChI=1S/C9H2F16/c10-3(11,5(14,7(17,18)19)8(20,21)22)1-2-4(12,13)6(15,16)9(23,24)25/h1-2H. The van der Waals surface area contributed by atoms with Crippen molar-refractivity contribution in [3.63, 3.8) is 0 Å². The molecule has 0 atom stereocenters. The summed E-state index contributed by atoms with van der Waals surface area (Å²) in [4.78, 5) is 0. The molecule has 0 nitrogen and oxygen atoms in total. The minimum Gasteiger partial charge on any atom is -0.216 e. The third kappa shape index (κ3) is 3.75. The molecule has 16 heteroatoms. The second-order valence-corrected chi connectivity index (χ2v) is 4.31. The van der Waals surface area contributed by atoms with Crippen molar-refractivity contribution in [3.8, 4) is 0 Å². The Morgan fingerprint density at radius 1 is 0.360 bits per heavy atom. The van der Waals surface area contributed by atoms with Gasteiger partial charge in [-0.15, -0.1) is 0 Å². The lowest BCUT2D eigenvalue weighted by atomic mass is 9.94. The predicted molar refractivity (Wildman–Crippen MR) is 46.0 cm³/mol. The van der Waals surface area contributed by atoms with Gasteiger partial charge in [0, 0.05) is 0 Å². The molecule has 0 aliphatic heterocycles. The van der Waals surface area contributed by atoms with Crippen LogP contribution in [0, 0.1) is 0 Å². The average Bonchev–Trinajstić information content (AvgIpc) is 2.31. The van der Waals surface area contributed by atoms with Crippen molar-refractivity contribution in [1.29, 1.82) is 0 Å². The predicted octanol–water partition coefficient (Wildman–Crippen LogP) is 5.84. The third-order valence-electron chi connectivity index (χ3n) is 2.52. The van der Waals surface area contributed by atoms with Crippen LogP contribution in [0.3, 0.4) is 0 Å². The molecule has 0 unspecified atom stereocenters. The molecule has 0 radical (unpaired) electrons. The van der Waals surface area contributed by atoms with Gasteiger partial charge in [-0.3, -0.25) is 0 Å². The monoisotopic (exact) mass is 414 g/mol. The van der Waals surface area contributed by atoms with Crippen molar-refractivity contribution in [3.05, 3.63) is 12.2 Å². The van der Waals surface area contributed by atoms with Crippen molar-refractivity contribution >= 4 is 0 Å². The van der Waals surface area contributed by atoms with E-state index in [0.29, 0.717) is 0 Å². The van der Waals surface area contributed by atoms with Gasteiger partial charge in [0.05, 0.1) is 0 Å². The van der Waals surface area contributed by atoms with Gasteiger partial charge in [0.15, 0.2) is 0 Å². The van der Waals surface area contributed by atoms with Gasteiger partial charge >= 0.3 is 42.0 Å². The second-order valence-electron chi connectivity index (χ2n) is 4.31. The van der Waals surface area contributed by atoms with Gasteiger partial charge in [-0.1, -0.05) is 0 Å². The molecular formula is C9H2F16. The van der Waals surface area contributed by atoms with Gasteiger partial charge in [0.25, 0.3) is 0 Å². The molecule has 0 spiro atoms. The smallest absolute Gasteiger partial charge is 0.216 e. The van der Waals surface area contributed by atoms with Crippen LogP contribution in [0.1, 0.15) is 0 Å². The van der Waals surface area contributed by atoms with E-state index in [-0.39, 0.29) is 0 Å². The Hall–Kier alpha value is -1.38. The first-order valence-corrected chi connectivity index (χ1v) is 5.18. The minimum atomic E-state index is -7.53. The highest BCUT2D eigenvalue weighted by Gasteiger charge is 2.84. The topological polar surface area (TPSA) is 0 Å². The maximum Gasteiger partial charge on any atom is 0.460 e. The molecule has 0 N–H and O–H groups in total. The third-order valence-corrected chi connectivity index (χ3v) is 2.52. The van der Waals surface area contributed by atoms with E-state index in [9.17, 15) is 70.2 Å². The van der Waals surface area contributed by atoms with E-state index in [1.165, 1.54) is 0 Å². The number of halogens is 16. The molecule has 0 aromatic rings. The van der Waals surface area contributed by atoms with Gasteiger partial charge in [-0.25, -0.2) is 4.39 Å². The van der Waals surface area contributed by atoms with Crippen LogP contribution in [0.15, 0.2) is 12.2 Å². The first-order chi connectivity index (χ1) is 10.5. The molecule has 0 amide bonds. The summed E-state index contributed by atoms with van der Waals surface area (Å²) in [5, 5.41) is 0. The van der Waals surface area contributed by atoms with Gasteiger partial charge in [-0.2, -0.15) is 65.9 Å². The molecule has 0 aliphatic rings. The molecule has 0 saturated heterocycles. The zero-order valence-corrected chi connectivity index (χ0v) is 10.7. The van der Waals surface area contributed by atoms with Crippen LogP contribution >= 0.6 is 0 Å². The van der Waals surface area contributed by atoms with Gasteiger partial charge in [0.2, 0.25) is 0 Å². The normalized spacial score (nSPS) is 16.6. The van der Waals surface area contributed by atoms with Crippen molar-refractivity contribution in [2.24, 2.45) is 0 Å². The van der Waals surface area contributed by atoms with Crippen LogP contribution in [0.4, 0.5) is 70.2 Å². The zero-order chi connectivity index (χ0) is 20.9. The molecule has 0 rings (SSSR count). The maximum absolute atomic E-state index is 13.0. The molecule has 0 heterocycles. The number of alkyl halides is 16. The zero-order valence-electron chi connectivity index (χ0n) is 10.7. The fourth-order valence-electron chi connectivity index (χ4n) is 1.16. The van der Waals surface area contributed by atoms with Crippen molar-refractivity contribution in [1.82, 2.24) is 0 Å². The lowest BCUT2D eigenvalue weighted by molar-refractivity contribution is -0.387. The van der Waals surface area contributed by atoms with Gasteiger partial charge in [0.1, 0.15) is 0 Å². The molecular weight excluding hydrogens is 412 g/mol. The van der Waals surface area contributed by atoms with E-state index in [1.807, 2.05) is 0 Å². The van der Waals surface area contributed by atoms with Crippen LogP contribution in [-0.2, 0) is 0 Å². The second kappa shape index (κ2) is 5.82. The first-order valence-electron chi connectivity index (χ1n) is 5.18. The summed E-state index contributed by atoms with van der Waals surface area (Å²) in [5.74, 6) is -20.9. The number of rotatable bonds is 4. The Labute approximate surface area is 126 Å². The van der Waals surface area contributed by atoms with Crippen molar-refractivity contribution in [2.45, 2.75) is 42.0 Å². The quantitative estimate of drug-likeness (QED) is 0.401. The summed E-state index contributed by atoms with van der Waals surface area (Å²) in [6, 6.07) is 0. The minimum absolute atomic E-state index is 2.29. The number of hydrogen-bond donors (Lipinski definition) is 0. The molecule has 150 valence electrons. The highest BCUT2D eigenvalue weighted by Crippen LogP contribution is 2.56. The Morgan fingerprint density at radius 2 is 0.640 bits per heavy atom.